The molecule has 5 atom stereocenters. The van der Waals surface area contributed by atoms with Gasteiger partial charge in [0.1, 0.15) is 0 Å². The van der Waals surface area contributed by atoms with Crippen molar-refractivity contribution in [1.29, 1.82) is 0 Å². The van der Waals surface area contributed by atoms with Gasteiger partial charge in [-0.15, -0.1) is 0 Å². The van der Waals surface area contributed by atoms with E-state index >= 15 is 0 Å². The van der Waals surface area contributed by atoms with Gasteiger partial charge >= 0.3 is 0 Å². The largest absolute Gasteiger partial charge is 0.311 e. The lowest BCUT2D eigenvalue weighted by Gasteiger charge is -2.50. The molecular weight excluding hydrogens is 242 g/mol. The van der Waals surface area contributed by atoms with Crippen LogP contribution in [0.5, 0.6) is 0 Å². The minimum Gasteiger partial charge on any atom is -0.311 e. The van der Waals surface area contributed by atoms with Crippen molar-refractivity contribution in [3.8, 4) is 0 Å². The van der Waals surface area contributed by atoms with E-state index < -0.39 is 0 Å². The van der Waals surface area contributed by atoms with E-state index in [9.17, 15) is 0 Å². The van der Waals surface area contributed by atoms with E-state index in [1.165, 1.54) is 51.4 Å². The van der Waals surface area contributed by atoms with Crippen molar-refractivity contribution in [2.24, 2.45) is 11.8 Å². The number of piperidine rings is 1. The average Bonchev–Trinajstić information content (AvgIpc) is 2.53. The number of hydrogen-bond donors (Lipinski definition) is 1. The van der Waals surface area contributed by atoms with E-state index in [1.807, 2.05) is 0 Å². The number of fused-ring (bicyclic) bond motifs is 2. The molecule has 1 aliphatic heterocycles. The van der Waals surface area contributed by atoms with Crippen LogP contribution >= 0.6 is 0 Å². The van der Waals surface area contributed by atoms with Crippen molar-refractivity contribution in [2.75, 3.05) is 0 Å². The molecule has 108 valence electrons. The van der Waals surface area contributed by atoms with E-state index in [0.717, 1.165) is 29.8 Å². The quantitative estimate of drug-likeness (QED) is 0.792. The van der Waals surface area contributed by atoms with Gasteiger partial charge in [0, 0.05) is 12.1 Å². The Morgan fingerprint density at radius 1 is 0.800 bits per heavy atom. The van der Waals surface area contributed by atoms with Gasteiger partial charge in [-0.25, -0.2) is 0 Å². The third-order valence-electron chi connectivity index (χ3n) is 6.20. The van der Waals surface area contributed by atoms with Crippen LogP contribution in [0.4, 0.5) is 0 Å². The van der Waals surface area contributed by atoms with Gasteiger partial charge < -0.3 is 5.32 Å². The predicted molar refractivity (Wildman–Crippen MR) is 83.8 cm³/mol. The Bertz CT molecular complexity index is 440. The molecular formula is C19H27N. The maximum Gasteiger partial charge on any atom is 0.0104 e. The van der Waals surface area contributed by atoms with E-state index in [0.29, 0.717) is 0 Å². The molecule has 20 heavy (non-hydrogen) atoms. The monoisotopic (exact) mass is 269 g/mol. The van der Waals surface area contributed by atoms with Crippen LogP contribution in [0, 0.1) is 11.8 Å². The molecule has 1 aromatic carbocycles. The van der Waals surface area contributed by atoms with Crippen molar-refractivity contribution < 1.29 is 0 Å². The van der Waals surface area contributed by atoms with Crippen LogP contribution in [-0.4, -0.2) is 12.1 Å². The molecule has 2 saturated carbocycles. The van der Waals surface area contributed by atoms with Crippen LogP contribution in [-0.2, 0) is 0 Å². The third-order valence-corrected chi connectivity index (χ3v) is 6.20. The third kappa shape index (κ3) is 2.30. The molecule has 1 saturated heterocycles. The first-order valence-corrected chi connectivity index (χ1v) is 8.73. The normalized spacial score (nSPS) is 40.7. The fourth-order valence-corrected chi connectivity index (χ4v) is 5.25. The SMILES string of the molecule is c1ccc(C2CCCC3NC4CCCCC4CC32)cc1. The van der Waals surface area contributed by atoms with Crippen LogP contribution in [0.15, 0.2) is 30.3 Å². The second kappa shape index (κ2) is 5.52. The standard InChI is InChI=1S/C19H27N/c1-2-7-14(8-3-1)16-10-6-12-19-17(16)13-15-9-4-5-11-18(15)20-19/h1-3,7-8,15-20H,4-6,9-13H2. The van der Waals surface area contributed by atoms with Gasteiger partial charge in [-0.1, -0.05) is 49.6 Å². The summed E-state index contributed by atoms with van der Waals surface area (Å²) in [7, 11) is 0. The van der Waals surface area contributed by atoms with Gasteiger partial charge in [0.2, 0.25) is 0 Å². The van der Waals surface area contributed by atoms with Crippen molar-refractivity contribution in [3.05, 3.63) is 35.9 Å². The summed E-state index contributed by atoms with van der Waals surface area (Å²) in [5.41, 5.74) is 1.60. The molecule has 3 fully saturated rings. The summed E-state index contributed by atoms with van der Waals surface area (Å²) in [6.07, 6.45) is 11.5. The fraction of sp³-hybridized carbons (Fsp3) is 0.684. The van der Waals surface area contributed by atoms with E-state index in [2.05, 4.69) is 35.6 Å². The van der Waals surface area contributed by atoms with E-state index in [4.69, 9.17) is 0 Å². The Balaban J connectivity index is 1.57. The number of nitrogens with one attached hydrogen (secondary N) is 1. The van der Waals surface area contributed by atoms with Gasteiger partial charge in [-0.05, 0) is 55.4 Å². The number of rotatable bonds is 1. The molecule has 0 bridgehead atoms. The highest BCUT2D eigenvalue weighted by molar-refractivity contribution is 5.22. The number of hydrogen-bond acceptors (Lipinski definition) is 1. The molecule has 0 amide bonds. The zero-order valence-corrected chi connectivity index (χ0v) is 12.4. The van der Waals surface area contributed by atoms with Gasteiger partial charge in [0.05, 0.1) is 0 Å². The molecule has 1 N–H and O–H groups in total. The van der Waals surface area contributed by atoms with Crippen LogP contribution in [0.25, 0.3) is 0 Å². The molecule has 0 radical (unpaired) electrons. The topological polar surface area (TPSA) is 12.0 Å². The maximum absolute atomic E-state index is 4.06. The van der Waals surface area contributed by atoms with Crippen LogP contribution in [0.2, 0.25) is 0 Å². The van der Waals surface area contributed by atoms with Crippen molar-refractivity contribution in [2.45, 2.75) is 69.4 Å². The maximum atomic E-state index is 4.06. The zero-order valence-electron chi connectivity index (χ0n) is 12.4. The highest BCUT2D eigenvalue weighted by Gasteiger charge is 2.42. The molecule has 1 aromatic rings. The second-order valence-corrected chi connectivity index (χ2v) is 7.27. The molecule has 5 unspecified atom stereocenters. The molecule has 1 nitrogen and oxygen atoms in total. The van der Waals surface area contributed by atoms with Gasteiger partial charge in [-0.2, -0.15) is 0 Å². The number of benzene rings is 1. The molecule has 1 heterocycles. The Kier molecular flexibility index (Phi) is 3.56. The average molecular weight is 269 g/mol. The van der Waals surface area contributed by atoms with Gasteiger partial charge in [-0.3, -0.25) is 0 Å². The Hall–Kier alpha value is -0.820. The van der Waals surface area contributed by atoms with Gasteiger partial charge in [0.25, 0.3) is 0 Å². The second-order valence-electron chi connectivity index (χ2n) is 7.27. The highest BCUT2D eigenvalue weighted by atomic mass is 15.0. The predicted octanol–water partition coefficient (Wildman–Crippen LogP) is 4.49. The smallest absolute Gasteiger partial charge is 0.0104 e. The van der Waals surface area contributed by atoms with Crippen molar-refractivity contribution in [1.82, 2.24) is 5.32 Å². The van der Waals surface area contributed by atoms with Crippen LogP contribution in [0.3, 0.4) is 0 Å². The highest BCUT2D eigenvalue weighted by Crippen LogP contribution is 2.46. The summed E-state index contributed by atoms with van der Waals surface area (Å²) in [6, 6.07) is 13.0. The molecule has 2 aliphatic carbocycles. The molecule has 0 aromatic heterocycles. The van der Waals surface area contributed by atoms with Crippen molar-refractivity contribution in [3.63, 3.8) is 0 Å². The Morgan fingerprint density at radius 3 is 2.50 bits per heavy atom. The van der Waals surface area contributed by atoms with E-state index in [-0.39, 0.29) is 0 Å². The summed E-state index contributed by atoms with van der Waals surface area (Å²) in [5.74, 6) is 2.67. The summed E-state index contributed by atoms with van der Waals surface area (Å²) in [5, 5.41) is 4.06. The van der Waals surface area contributed by atoms with Crippen molar-refractivity contribution >= 4 is 0 Å². The first kappa shape index (κ1) is 12.9. The molecule has 3 aliphatic rings. The Labute approximate surface area is 123 Å². The summed E-state index contributed by atoms with van der Waals surface area (Å²) < 4.78 is 0. The summed E-state index contributed by atoms with van der Waals surface area (Å²) in [4.78, 5) is 0. The lowest BCUT2D eigenvalue weighted by molar-refractivity contribution is 0.0810. The minimum absolute atomic E-state index is 0.799. The lowest BCUT2D eigenvalue weighted by Crippen LogP contribution is -2.55. The lowest BCUT2D eigenvalue weighted by atomic mass is 9.64. The fourth-order valence-electron chi connectivity index (χ4n) is 5.25. The molecule has 0 spiro atoms. The van der Waals surface area contributed by atoms with Crippen LogP contribution < -0.4 is 5.32 Å². The zero-order chi connectivity index (χ0) is 13.4. The van der Waals surface area contributed by atoms with Crippen LogP contribution in [0.1, 0.15) is 62.8 Å². The molecule has 1 heteroatoms. The first-order valence-electron chi connectivity index (χ1n) is 8.73. The molecule has 4 rings (SSSR count). The Morgan fingerprint density at radius 2 is 1.60 bits per heavy atom. The summed E-state index contributed by atoms with van der Waals surface area (Å²) in [6.45, 7) is 0. The summed E-state index contributed by atoms with van der Waals surface area (Å²) >= 11 is 0. The first-order chi connectivity index (χ1) is 9.92. The minimum atomic E-state index is 0.799. The van der Waals surface area contributed by atoms with Gasteiger partial charge in [0.15, 0.2) is 0 Å². The van der Waals surface area contributed by atoms with E-state index in [1.54, 1.807) is 5.56 Å².